The molecule has 52 valence electrons. The standard InChI is InChI=1S/C6H9IO2/c7-5-3-9-6-4(5)1-2-8-6/h4-6H,1-3H2. The van der Waals surface area contributed by atoms with Crippen molar-refractivity contribution in [3.63, 3.8) is 0 Å². The van der Waals surface area contributed by atoms with Crippen LogP contribution in [-0.2, 0) is 9.47 Å². The van der Waals surface area contributed by atoms with Crippen molar-refractivity contribution < 1.29 is 9.47 Å². The van der Waals surface area contributed by atoms with Gasteiger partial charge >= 0.3 is 0 Å². The second-order valence-corrected chi connectivity index (χ2v) is 4.14. The van der Waals surface area contributed by atoms with Crippen LogP contribution in [0.15, 0.2) is 0 Å². The van der Waals surface area contributed by atoms with Crippen LogP contribution in [0.25, 0.3) is 0 Å². The average Bonchev–Trinajstić information content (AvgIpc) is 2.35. The first kappa shape index (κ1) is 6.37. The maximum atomic E-state index is 5.36. The minimum Gasteiger partial charge on any atom is -0.352 e. The minimum absolute atomic E-state index is 0.145. The van der Waals surface area contributed by atoms with Gasteiger partial charge in [0.25, 0.3) is 0 Å². The molecule has 2 fully saturated rings. The van der Waals surface area contributed by atoms with E-state index in [1.165, 1.54) is 6.42 Å². The van der Waals surface area contributed by atoms with E-state index in [-0.39, 0.29) is 6.29 Å². The molecule has 2 rings (SSSR count). The van der Waals surface area contributed by atoms with E-state index in [1.54, 1.807) is 0 Å². The Morgan fingerprint density at radius 3 is 3.00 bits per heavy atom. The van der Waals surface area contributed by atoms with Crippen LogP contribution in [0.5, 0.6) is 0 Å². The summed E-state index contributed by atoms with van der Waals surface area (Å²) in [5, 5.41) is 0. The molecule has 2 nitrogen and oxygen atoms in total. The van der Waals surface area contributed by atoms with E-state index in [9.17, 15) is 0 Å². The summed E-state index contributed by atoms with van der Waals surface area (Å²) in [5.41, 5.74) is 0. The van der Waals surface area contributed by atoms with Gasteiger partial charge < -0.3 is 9.47 Å². The molecule has 0 radical (unpaired) electrons. The van der Waals surface area contributed by atoms with Gasteiger partial charge in [0.1, 0.15) is 0 Å². The van der Waals surface area contributed by atoms with E-state index < -0.39 is 0 Å². The highest BCUT2D eigenvalue weighted by molar-refractivity contribution is 14.1. The van der Waals surface area contributed by atoms with Crippen molar-refractivity contribution in [3.05, 3.63) is 0 Å². The highest BCUT2D eigenvalue weighted by Crippen LogP contribution is 2.35. The van der Waals surface area contributed by atoms with Crippen LogP contribution < -0.4 is 0 Å². The van der Waals surface area contributed by atoms with Gasteiger partial charge in [-0.3, -0.25) is 0 Å². The van der Waals surface area contributed by atoms with E-state index in [1.807, 2.05) is 0 Å². The quantitative estimate of drug-likeness (QED) is 0.467. The molecule has 0 spiro atoms. The summed E-state index contributed by atoms with van der Waals surface area (Å²) in [6.07, 6.45) is 1.34. The zero-order valence-corrected chi connectivity index (χ0v) is 7.21. The molecule has 2 saturated heterocycles. The topological polar surface area (TPSA) is 18.5 Å². The van der Waals surface area contributed by atoms with E-state index >= 15 is 0 Å². The van der Waals surface area contributed by atoms with Gasteiger partial charge in [0, 0.05) is 9.84 Å². The van der Waals surface area contributed by atoms with E-state index in [0.717, 1.165) is 13.2 Å². The van der Waals surface area contributed by atoms with Crippen molar-refractivity contribution in [2.45, 2.75) is 16.6 Å². The summed E-state index contributed by atoms with van der Waals surface area (Å²) in [5.74, 6) is 0.686. The van der Waals surface area contributed by atoms with Crippen molar-refractivity contribution in [2.75, 3.05) is 13.2 Å². The van der Waals surface area contributed by atoms with Crippen molar-refractivity contribution in [1.82, 2.24) is 0 Å². The van der Waals surface area contributed by atoms with Crippen LogP contribution in [0, 0.1) is 5.92 Å². The Bertz CT molecular complexity index is 118. The largest absolute Gasteiger partial charge is 0.352 e. The van der Waals surface area contributed by atoms with Gasteiger partial charge in [0.2, 0.25) is 0 Å². The summed E-state index contributed by atoms with van der Waals surface area (Å²) < 4.78 is 11.4. The molecule has 9 heavy (non-hydrogen) atoms. The Balaban J connectivity index is 2.07. The van der Waals surface area contributed by atoms with Gasteiger partial charge in [-0.25, -0.2) is 0 Å². The van der Waals surface area contributed by atoms with E-state index in [4.69, 9.17) is 9.47 Å². The van der Waals surface area contributed by atoms with Crippen LogP contribution in [0.1, 0.15) is 6.42 Å². The van der Waals surface area contributed by atoms with Crippen LogP contribution in [0.2, 0.25) is 0 Å². The molecule has 0 aromatic heterocycles. The molecule has 0 aromatic rings. The molecule has 0 amide bonds. The van der Waals surface area contributed by atoms with Gasteiger partial charge in [-0.2, -0.15) is 0 Å². The number of alkyl halides is 1. The maximum absolute atomic E-state index is 5.36. The molecular weight excluding hydrogens is 231 g/mol. The molecule has 3 unspecified atom stereocenters. The van der Waals surface area contributed by atoms with E-state index in [0.29, 0.717) is 9.84 Å². The Morgan fingerprint density at radius 2 is 2.22 bits per heavy atom. The van der Waals surface area contributed by atoms with Gasteiger partial charge in [0.15, 0.2) is 6.29 Å². The summed E-state index contributed by atoms with van der Waals surface area (Å²) in [6, 6.07) is 0. The zero-order valence-electron chi connectivity index (χ0n) is 5.05. The third-order valence-corrected chi connectivity index (χ3v) is 3.25. The van der Waals surface area contributed by atoms with Gasteiger partial charge in [-0.05, 0) is 6.42 Å². The molecule has 0 aliphatic carbocycles. The lowest BCUT2D eigenvalue weighted by Crippen LogP contribution is -2.13. The number of halogens is 1. The summed E-state index contributed by atoms with van der Waals surface area (Å²) in [7, 11) is 0. The van der Waals surface area contributed by atoms with Crippen molar-refractivity contribution in [1.29, 1.82) is 0 Å². The molecular formula is C6H9IO2. The first-order valence-electron chi connectivity index (χ1n) is 3.25. The van der Waals surface area contributed by atoms with Gasteiger partial charge in [0.05, 0.1) is 13.2 Å². The molecule has 3 atom stereocenters. The monoisotopic (exact) mass is 240 g/mol. The van der Waals surface area contributed by atoms with Crippen molar-refractivity contribution in [3.8, 4) is 0 Å². The molecule has 2 aliphatic heterocycles. The SMILES string of the molecule is IC1COC2OCCC12. The van der Waals surface area contributed by atoms with Crippen LogP contribution in [-0.4, -0.2) is 23.4 Å². The molecule has 2 heterocycles. The summed E-state index contributed by atoms with van der Waals surface area (Å²) >= 11 is 2.44. The third kappa shape index (κ3) is 0.991. The number of hydrogen-bond acceptors (Lipinski definition) is 2. The molecule has 3 heteroatoms. The molecule has 0 bridgehead atoms. The predicted octanol–water partition coefficient (Wildman–Crippen LogP) is 1.18. The van der Waals surface area contributed by atoms with Crippen LogP contribution in [0.4, 0.5) is 0 Å². The fourth-order valence-electron chi connectivity index (χ4n) is 1.41. The Hall–Kier alpha value is 0.650. The fourth-order valence-corrected chi connectivity index (χ4v) is 2.32. The number of hydrogen-bond donors (Lipinski definition) is 0. The van der Waals surface area contributed by atoms with Crippen LogP contribution >= 0.6 is 22.6 Å². The number of ether oxygens (including phenoxy) is 2. The lowest BCUT2D eigenvalue weighted by Gasteiger charge is -2.06. The van der Waals surface area contributed by atoms with Gasteiger partial charge in [-0.1, -0.05) is 22.6 Å². The molecule has 2 aliphatic rings. The average molecular weight is 240 g/mol. The number of rotatable bonds is 0. The summed E-state index contributed by atoms with van der Waals surface area (Å²) in [6.45, 7) is 1.78. The Morgan fingerprint density at radius 1 is 1.33 bits per heavy atom. The highest BCUT2D eigenvalue weighted by Gasteiger charge is 2.39. The third-order valence-electron chi connectivity index (χ3n) is 1.97. The Kier molecular flexibility index (Phi) is 1.67. The lowest BCUT2D eigenvalue weighted by atomic mass is 10.1. The molecule has 0 aromatic carbocycles. The fraction of sp³-hybridized carbons (Fsp3) is 1.00. The predicted molar refractivity (Wildman–Crippen MR) is 41.6 cm³/mol. The molecule has 0 N–H and O–H groups in total. The molecule has 0 saturated carbocycles. The second-order valence-electron chi connectivity index (χ2n) is 2.54. The van der Waals surface area contributed by atoms with Crippen molar-refractivity contribution in [2.24, 2.45) is 5.92 Å². The lowest BCUT2D eigenvalue weighted by molar-refractivity contribution is -0.0904. The zero-order chi connectivity index (χ0) is 6.27. The first-order valence-corrected chi connectivity index (χ1v) is 4.50. The van der Waals surface area contributed by atoms with Crippen molar-refractivity contribution >= 4 is 22.6 Å². The number of fused-ring (bicyclic) bond motifs is 1. The normalized spacial score (nSPS) is 49.7. The van der Waals surface area contributed by atoms with Gasteiger partial charge in [-0.15, -0.1) is 0 Å². The first-order chi connectivity index (χ1) is 4.38. The smallest absolute Gasteiger partial charge is 0.161 e. The second kappa shape index (κ2) is 2.36. The highest BCUT2D eigenvalue weighted by atomic mass is 127. The minimum atomic E-state index is 0.145. The van der Waals surface area contributed by atoms with E-state index in [2.05, 4.69) is 22.6 Å². The van der Waals surface area contributed by atoms with Crippen LogP contribution in [0.3, 0.4) is 0 Å². The Labute approximate surface area is 68.0 Å². The maximum Gasteiger partial charge on any atom is 0.161 e. The summed E-state index contributed by atoms with van der Waals surface area (Å²) in [4.78, 5) is 0.